The van der Waals surface area contributed by atoms with Gasteiger partial charge >= 0.3 is 0 Å². The van der Waals surface area contributed by atoms with E-state index >= 15 is 0 Å². The third-order valence-corrected chi connectivity index (χ3v) is 5.79. The molecule has 1 fully saturated rings. The van der Waals surface area contributed by atoms with Crippen molar-refractivity contribution in [2.75, 3.05) is 12.3 Å². The fraction of sp³-hybridized carbons (Fsp3) is 0.895. The van der Waals surface area contributed by atoms with E-state index in [9.17, 15) is 9.59 Å². The van der Waals surface area contributed by atoms with Crippen molar-refractivity contribution in [2.24, 2.45) is 0 Å². The van der Waals surface area contributed by atoms with Crippen LogP contribution in [0, 0.1) is 0 Å². The number of imide groups is 1. The molecule has 4 heteroatoms. The smallest absolute Gasteiger partial charge is 0.229 e. The van der Waals surface area contributed by atoms with Crippen LogP contribution in [0.2, 0.25) is 0 Å². The SMILES string of the molecule is CCCCCCCCCCC(C)SCCN1C(=O)CCCC1=O. The Morgan fingerprint density at radius 1 is 0.957 bits per heavy atom. The minimum Gasteiger partial charge on any atom is -0.282 e. The Balaban J connectivity index is 1.96. The molecule has 0 aliphatic carbocycles. The van der Waals surface area contributed by atoms with Crippen LogP contribution in [-0.4, -0.2) is 34.3 Å². The number of rotatable bonds is 13. The molecule has 1 unspecified atom stereocenters. The van der Waals surface area contributed by atoms with E-state index in [0.717, 1.165) is 12.2 Å². The molecule has 0 spiro atoms. The van der Waals surface area contributed by atoms with Gasteiger partial charge in [0, 0.05) is 30.4 Å². The van der Waals surface area contributed by atoms with Gasteiger partial charge in [-0.05, 0) is 12.8 Å². The molecular weight excluding hydrogens is 306 g/mol. The van der Waals surface area contributed by atoms with E-state index in [1.807, 2.05) is 11.8 Å². The molecule has 1 aliphatic rings. The zero-order valence-corrected chi connectivity index (χ0v) is 16.0. The number of carbonyl (C=O) groups excluding carboxylic acids is 2. The fourth-order valence-corrected chi connectivity index (χ4v) is 4.07. The number of hydrogen-bond acceptors (Lipinski definition) is 3. The maximum absolute atomic E-state index is 11.7. The zero-order chi connectivity index (χ0) is 16.9. The fourth-order valence-electron chi connectivity index (χ4n) is 3.04. The molecular formula is C19H35NO2S. The van der Waals surface area contributed by atoms with Crippen LogP contribution >= 0.6 is 11.8 Å². The van der Waals surface area contributed by atoms with E-state index in [-0.39, 0.29) is 11.8 Å². The summed E-state index contributed by atoms with van der Waals surface area (Å²) in [5.74, 6) is 0.936. The highest BCUT2D eigenvalue weighted by Crippen LogP contribution is 2.20. The van der Waals surface area contributed by atoms with Gasteiger partial charge in [-0.2, -0.15) is 11.8 Å². The van der Waals surface area contributed by atoms with E-state index in [4.69, 9.17) is 0 Å². The standard InChI is InChI=1S/C19H35NO2S/c1-3-4-5-6-7-8-9-10-12-17(2)23-16-15-20-18(21)13-11-14-19(20)22/h17H,3-16H2,1-2H3. The number of thioether (sulfide) groups is 1. The van der Waals surface area contributed by atoms with Gasteiger partial charge in [0.1, 0.15) is 0 Å². The van der Waals surface area contributed by atoms with Gasteiger partial charge in [-0.1, -0.05) is 65.2 Å². The van der Waals surface area contributed by atoms with Crippen LogP contribution in [0.3, 0.4) is 0 Å². The highest BCUT2D eigenvalue weighted by Gasteiger charge is 2.25. The second-order valence-electron chi connectivity index (χ2n) is 6.74. The molecule has 2 amide bonds. The number of unbranched alkanes of at least 4 members (excludes halogenated alkanes) is 7. The summed E-state index contributed by atoms with van der Waals surface area (Å²) in [5.41, 5.74) is 0. The number of hydrogen-bond donors (Lipinski definition) is 0. The first kappa shape index (κ1) is 20.5. The van der Waals surface area contributed by atoms with Crippen molar-refractivity contribution in [3.8, 4) is 0 Å². The quantitative estimate of drug-likeness (QED) is 0.342. The molecule has 23 heavy (non-hydrogen) atoms. The first-order valence-corrected chi connectivity index (χ1v) is 10.6. The van der Waals surface area contributed by atoms with Gasteiger partial charge in [-0.25, -0.2) is 0 Å². The normalized spacial score (nSPS) is 16.9. The zero-order valence-electron chi connectivity index (χ0n) is 15.1. The van der Waals surface area contributed by atoms with Crippen molar-refractivity contribution >= 4 is 23.6 Å². The Labute approximate surface area is 147 Å². The first-order chi connectivity index (χ1) is 11.1. The van der Waals surface area contributed by atoms with Crippen molar-refractivity contribution in [1.29, 1.82) is 0 Å². The van der Waals surface area contributed by atoms with Crippen LogP contribution in [0.5, 0.6) is 0 Å². The van der Waals surface area contributed by atoms with Gasteiger partial charge in [0.2, 0.25) is 11.8 Å². The monoisotopic (exact) mass is 341 g/mol. The van der Waals surface area contributed by atoms with Crippen molar-refractivity contribution in [2.45, 2.75) is 96.1 Å². The van der Waals surface area contributed by atoms with Gasteiger partial charge in [0.25, 0.3) is 0 Å². The summed E-state index contributed by atoms with van der Waals surface area (Å²) < 4.78 is 0. The molecule has 1 rings (SSSR count). The summed E-state index contributed by atoms with van der Waals surface area (Å²) in [6.45, 7) is 5.13. The Hall–Kier alpha value is -0.510. The minimum atomic E-state index is 0.0255. The Bertz CT molecular complexity index is 330. The summed E-state index contributed by atoms with van der Waals surface area (Å²) in [5, 5.41) is 0.630. The molecule has 0 saturated carbocycles. The molecule has 1 saturated heterocycles. The van der Waals surface area contributed by atoms with Gasteiger partial charge in [0.15, 0.2) is 0 Å². The molecule has 0 aromatic heterocycles. The summed E-state index contributed by atoms with van der Waals surface area (Å²) in [7, 11) is 0. The molecule has 1 aliphatic heterocycles. The minimum absolute atomic E-state index is 0.0255. The van der Waals surface area contributed by atoms with Crippen LogP contribution in [0.1, 0.15) is 90.9 Å². The van der Waals surface area contributed by atoms with Crippen molar-refractivity contribution in [3.05, 3.63) is 0 Å². The average Bonchev–Trinajstić information content (AvgIpc) is 2.53. The van der Waals surface area contributed by atoms with E-state index < -0.39 is 0 Å². The Morgan fingerprint density at radius 3 is 2.13 bits per heavy atom. The lowest BCUT2D eigenvalue weighted by atomic mass is 10.1. The summed E-state index contributed by atoms with van der Waals surface area (Å²) in [6, 6.07) is 0. The molecule has 3 nitrogen and oxygen atoms in total. The number of piperidine rings is 1. The number of nitrogens with zero attached hydrogens (tertiary/aromatic N) is 1. The maximum atomic E-state index is 11.7. The highest BCUT2D eigenvalue weighted by molar-refractivity contribution is 7.99. The first-order valence-electron chi connectivity index (χ1n) is 9.60. The lowest BCUT2D eigenvalue weighted by Gasteiger charge is -2.25. The average molecular weight is 342 g/mol. The Kier molecular flexibility index (Phi) is 11.5. The molecule has 1 atom stereocenters. The van der Waals surface area contributed by atoms with Crippen molar-refractivity contribution in [1.82, 2.24) is 4.90 Å². The third kappa shape index (κ3) is 9.39. The molecule has 0 aromatic rings. The maximum Gasteiger partial charge on any atom is 0.229 e. The van der Waals surface area contributed by atoms with E-state index in [0.29, 0.717) is 24.6 Å². The largest absolute Gasteiger partial charge is 0.282 e. The van der Waals surface area contributed by atoms with E-state index in [2.05, 4.69) is 13.8 Å². The summed E-state index contributed by atoms with van der Waals surface area (Å²) >= 11 is 1.90. The van der Waals surface area contributed by atoms with Crippen LogP contribution in [-0.2, 0) is 9.59 Å². The molecule has 0 N–H and O–H groups in total. The van der Waals surface area contributed by atoms with Crippen molar-refractivity contribution < 1.29 is 9.59 Å². The summed E-state index contributed by atoms with van der Waals surface area (Å²) in [4.78, 5) is 24.9. The number of likely N-dealkylation sites (tertiary alicyclic amines) is 1. The second-order valence-corrected chi connectivity index (χ2v) is 8.28. The van der Waals surface area contributed by atoms with E-state index in [1.165, 1.54) is 62.7 Å². The lowest BCUT2D eigenvalue weighted by molar-refractivity contribution is -0.147. The predicted octanol–water partition coefficient (Wildman–Crippen LogP) is 5.18. The molecule has 0 radical (unpaired) electrons. The molecule has 0 aromatic carbocycles. The lowest BCUT2D eigenvalue weighted by Crippen LogP contribution is -2.41. The molecule has 134 valence electrons. The number of amides is 2. The van der Waals surface area contributed by atoms with Gasteiger partial charge in [-0.3, -0.25) is 14.5 Å². The van der Waals surface area contributed by atoms with Crippen LogP contribution < -0.4 is 0 Å². The molecule has 1 heterocycles. The Morgan fingerprint density at radius 2 is 1.52 bits per heavy atom. The van der Waals surface area contributed by atoms with Gasteiger partial charge in [0.05, 0.1) is 0 Å². The van der Waals surface area contributed by atoms with Gasteiger partial charge in [-0.15, -0.1) is 0 Å². The highest BCUT2D eigenvalue weighted by atomic mass is 32.2. The predicted molar refractivity (Wildman–Crippen MR) is 99.7 cm³/mol. The second kappa shape index (κ2) is 12.9. The third-order valence-electron chi connectivity index (χ3n) is 4.56. The van der Waals surface area contributed by atoms with Crippen LogP contribution in [0.15, 0.2) is 0 Å². The van der Waals surface area contributed by atoms with E-state index in [1.54, 1.807) is 0 Å². The van der Waals surface area contributed by atoms with Crippen molar-refractivity contribution in [3.63, 3.8) is 0 Å². The van der Waals surface area contributed by atoms with Gasteiger partial charge < -0.3 is 0 Å². The van der Waals surface area contributed by atoms with Crippen LogP contribution in [0.25, 0.3) is 0 Å². The summed E-state index contributed by atoms with van der Waals surface area (Å²) in [6.07, 6.45) is 14.0. The molecule has 0 bridgehead atoms. The topological polar surface area (TPSA) is 37.4 Å². The number of carbonyl (C=O) groups is 2. The van der Waals surface area contributed by atoms with Crippen LogP contribution in [0.4, 0.5) is 0 Å².